The molecule has 0 spiro atoms. The minimum absolute atomic E-state index is 0.237. The lowest BCUT2D eigenvalue weighted by molar-refractivity contribution is -0.123. The van der Waals surface area contributed by atoms with Gasteiger partial charge in [0.05, 0.1) is 11.7 Å². The van der Waals surface area contributed by atoms with Crippen LogP contribution in [0.15, 0.2) is 121 Å². The summed E-state index contributed by atoms with van der Waals surface area (Å²) < 4.78 is 0. The first-order valence-electron chi connectivity index (χ1n) is 15.8. The van der Waals surface area contributed by atoms with Gasteiger partial charge in [-0.15, -0.1) is 0 Å². The fraction of sp³-hybridized carbons (Fsp3) is 0.211. The van der Waals surface area contributed by atoms with Gasteiger partial charge in [-0.3, -0.25) is 14.6 Å². The van der Waals surface area contributed by atoms with E-state index in [9.17, 15) is 9.59 Å². The molecule has 0 saturated carbocycles. The molecule has 240 valence electrons. The van der Waals surface area contributed by atoms with Crippen molar-refractivity contribution in [3.63, 3.8) is 0 Å². The Morgan fingerprint density at radius 3 is 2.32 bits per heavy atom. The van der Waals surface area contributed by atoms with Crippen LogP contribution in [0.1, 0.15) is 53.0 Å². The van der Waals surface area contributed by atoms with Crippen molar-refractivity contribution in [2.45, 2.75) is 44.9 Å². The molecule has 5 aromatic rings. The normalized spacial score (nSPS) is 12.1. The molecule has 5 N–H and O–H groups in total. The van der Waals surface area contributed by atoms with E-state index in [0.717, 1.165) is 33.3 Å². The number of rotatable bonds is 14. The summed E-state index contributed by atoms with van der Waals surface area (Å²) in [6.45, 7) is 3.80. The molecule has 0 aliphatic carbocycles. The van der Waals surface area contributed by atoms with Crippen LogP contribution >= 0.6 is 12.2 Å². The molecule has 4 aromatic carbocycles. The summed E-state index contributed by atoms with van der Waals surface area (Å²) in [5.41, 5.74) is 4.42. The highest BCUT2D eigenvalue weighted by atomic mass is 32.1. The number of nitrogens with zero attached hydrogens (tertiary/aromatic N) is 1. The van der Waals surface area contributed by atoms with Crippen molar-refractivity contribution in [2.75, 3.05) is 11.9 Å². The number of hydrogen-bond donors (Lipinski definition) is 5. The molecule has 47 heavy (non-hydrogen) atoms. The van der Waals surface area contributed by atoms with Crippen molar-refractivity contribution in [3.05, 3.63) is 144 Å². The average Bonchev–Trinajstić information content (AvgIpc) is 3.10. The number of hydrogen-bond acceptors (Lipinski definition) is 5. The van der Waals surface area contributed by atoms with E-state index < -0.39 is 6.04 Å². The second-order valence-electron chi connectivity index (χ2n) is 11.3. The Morgan fingerprint density at radius 2 is 1.53 bits per heavy atom. The summed E-state index contributed by atoms with van der Waals surface area (Å²) in [5, 5.41) is 18.6. The first kappa shape index (κ1) is 33.2. The topological polar surface area (TPSA) is 107 Å². The standard InChI is InChI=1S/C38H40N6O2S/c1-27(33-17-9-12-29-11-5-6-16-34(29)33)42-37(46)35(18-10-24-41-38(47)43-31-13-3-2-4-14-31)44-36(45)30-21-19-28(20-22-30)25-39-26-32-15-7-8-23-40-32/h2-9,11-17,19-23,27,35,39H,10,18,24-26H2,1H3,(H,42,46)(H,44,45)(H2,41,43,47)/t27?,35-/m0/s1. The van der Waals surface area contributed by atoms with Crippen LogP contribution in [0.3, 0.4) is 0 Å². The monoisotopic (exact) mass is 644 g/mol. The van der Waals surface area contributed by atoms with Crippen molar-refractivity contribution in [1.29, 1.82) is 0 Å². The van der Waals surface area contributed by atoms with Crippen molar-refractivity contribution in [2.24, 2.45) is 0 Å². The largest absolute Gasteiger partial charge is 0.362 e. The zero-order valence-electron chi connectivity index (χ0n) is 26.4. The Balaban J connectivity index is 1.20. The van der Waals surface area contributed by atoms with Crippen molar-refractivity contribution in [1.82, 2.24) is 26.3 Å². The molecule has 9 heteroatoms. The van der Waals surface area contributed by atoms with Crippen molar-refractivity contribution >= 4 is 45.6 Å². The number of benzene rings is 4. The third-order valence-corrected chi connectivity index (χ3v) is 8.08. The van der Waals surface area contributed by atoms with Crippen molar-refractivity contribution in [3.8, 4) is 0 Å². The smallest absolute Gasteiger partial charge is 0.251 e. The van der Waals surface area contributed by atoms with Gasteiger partial charge in [-0.25, -0.2) is 0 Å². The highest BCUT2D eigenvalue weighted by Gasteiger charge is 2.23. The molecule has 0 saturated heterocycles. The fourth-order valence-electron chi connectivity index (χ4n) is 5.35. The van der Waals surface area contributed by atoms with E-state index in [2.05, 4.69) is 49.8 Å². The summed E-state index contributed by atoms with van der Waals surface area (Å²) in [6, 6.07) is 36.1. The number of nitrogens with one attached hydrogen (secondary N) is 5. The van der Waals surface area contributed by atoms with Crippen LogP contribution in [0.4, 0.5) is 5.69 Å². The zero-order chi connectivity index (χ0) is 32.8. The highest BCUT2D eigenvalue weighted by Crippen LogP contribution is 2.24. The van der Waals surface area contributed by atoms with Gasteiger partial charge in [-0.2, -0.15) is 0 Å². The second-order valence-corrected chi connectivity index (χ2v) is 11.7. The van der Waals surface area contributed by atoms with Gasteiger partial charge in [-0.1, -0.05) is 78.9 Å². The number of aromatic nitrogens is 1. The molecular formula is C38H40N6O2S. The summed E-state index contributed by atoms with van der Waals surface area (Å²) >= 11 is 5.43. The van der Waals surface area contributed by atoms with Crippen LogP contribution in [0, 0.1) is 0 Å². The Morgan fingerprint density at radius 1 is 0.787 bits per heavy atom. The predicted molar refractivity (Wildman–Crippen MR) is 193 cm³/mol. The van der Waals surface area contributed by atoms with Gasteiger partial charge < -0.3 is 26.6 Å². The van der Waals surface area contributed by atoms with E-state index in [4.69, 9.17) is 12.2 Å². The molecule has 2 amide bonds. The third kappa shape index (κ3) is 9.93. The molecule has 8 nitrogen and oxygen atoms in total. The van der Waals surface area contributed by atoms with E-state index in [1.165, 1.54) is 0 Å². The molecular weight excluding hydrogens is 605 g/mol. The predicted octanol–water partition coefficient (Wildman–Crippen LogP) is 6.27. The van der Waals surface area contributed by atoms with E-state index in [0.29, 0.717) is 43.2 Å². The lowest BCUT2D eigenvalue weighted by atomic mass is 9.99. The van der Waals surface area contributed by atoms with Crippen LogP contribution in [0.5, 0.6) is 0 Å². The van der Waals surface area contributed by atoms with Crippen LogP contribution in [0.25, 0.3) is 10.8 Å². The lowest BCUT2D eigenvalue weighted by Crippen LogP contribution is -2.47. The van der Waals surface area contributed by atoms with Crippen LogP contribution < -0.4 is 26.6 Å². The maximum atomic E-state index is 13.7. The van der Waals surface area contributed by atoms with E-state index in [1.54, 1.807) is 18.3 Å². The molecule has 1 aromatic heterocycles. The van der Waals surface area contributed by atoms with Crippen molar-refractivity contribution < 1.29 is 9.59 Å². The van der Waals surface area contributed by atoms with Gasteiger partial charge >= 0.3 is 0 Å². The van der Waals surface area contributed by atoms with E-state index in [1.807, 2.05) is 91.9 Å². The summed E-state index contributed by atoms with van der Waals surface area (Å²) in [7, 11) is 0. The molecule has 0 aliphatic heterocycles. The number of fused-ring (bicyclic) bond motifs is 1. The summed E-state index contributed by atoms with van der Waals surface area (Å²) in [4.78, 5) is 31.4. The summed E-state index contributed by atoms with van der Waals surface area (Å²) in [6.07, 6.45) is 2.81. The summed E-state index contributed by atoms with van der Waals surface area (Å²) in [5.74, 6) is -0.538. The van der Waals surface area contributed by atoms with Gasteiger partial charge in [-0.05, 0) is 90.3 Å². The molecule has 0 fully saturated rings. The lowest BCUT2D eigenvalue weighted by Gasteiger charge is -2.23. The molecule has 0 bridgehead atoms. The molecule has 2 atom stereocenters. The third-order valence-electron chi connectivity index (χ3n) is 7.83. The molecule has 1 unspecified atom stereocenters. The number of carbonyl (C=O) groups excluding carboxylic acids is 2. The minimum Gasteiger partial charge on any atom is -0.362 e. The number of thiocarbonyl (C=S) groups is 1. The molecule has 0 radical (unpaired) electrons. The van der Waals surface area contributed by atoms with Gasteiger partial charge in [0.2, 0.25) is 5.91 Å². The quantitative estimate of drug-likeness (QED) is 0.0717. The van der Waals surface area contributed by atoms with Gasteiger partial charge in [0, 0.05) is 37.1 Å². The number of pyridine rings is 1. The van der Waals surface area contributed by atoms with E-state index in [-0.39, 0.29) is 17.9 Å². The van der Waals surface area contributed by atoms with Crippen LogP contribution in [0.2, 0.25) is 0 Å². The second kappa shape index (κ2) is 17.0. The van der Waals surface area contributed by atoms with Gasteiger partial charge in [0.25, 0.3) is 5.91 Å². The average molecular weight is 645 g/mol. The Kier molecular flexibility index (Phi) is 12.0. The first-order valence-corrected chi connectivity index (χ1v) is 16.3. The Labute approximate surface area is 281 Å². The maximum Gasteiger partial charge on any atom is 0.251 e. The number of anilines is 1. The zero-order valence-corrected chi connectivity index (χ0v) is 27.2. The molecule has 5 rings (SSSR count). The van der Waals surface area contributed by atoms with Crippen LogP contribution in [-0.4, -0.2) is 34.5 Å². The fourth-order valence-corrected chi connectivity index (χ4v) is 5.57. The van der Waals surface area contributed by atoms with Gasteiger partial charge in [0.1, 0.15) is 6.04 Å². The first-order chi connectivity index (χ1) is 23.0. The molecule has 1 heterocycles. The number of carbonyl (C=O) groups is 2. The van der Waals surface area contributed by atoms with Crippen LogP contribution in [-0.2, 0) is 17.9 Å². The Hall–Kier alpha value is -5.12. The maximum absolute atomic E-state index is 13.7. The number of para-hydroxylation sites is 1. The molecule has 0 aliphatic rings. The highest BCUT2D eigenvalue weighted by molar-refractivity contribution is 7.80. The van der Waals surface area contributed by atoms with E-state index >= 15 is 0 Å². The Bertz CT molecular complexity index is 1760. The van der Waals surface area contributed by atoms with Gasteiger partial charge in [0.15, 0.2) is 5.11 Å². The SMILES string of the molecule is CC(NC(=O)[C@H](CCCNC(=S)Nc1ccccc1)NC(=O)c1ccc(CNCc2ccccn2)cc1)c1cccc2ccccc12. The number of amides is 2. The minimum atomic E-state index is -0.739.